The summed E-state index contributed by atoms with van der Waals surface area (Å²) in [7, 11) is 2.20. The highest BCUT2D eigenvalue weighted by molar-refractivity contribution is 5.04. The molecule has 0 saturated carbocycles. The van der Waals surface area contributed by atoms with Crippen LogP contribution in [0.25, 0.3) is 0 Å². The quantitative estimate of drug-likeness (QED) is 0.723. The number of ether oxygens (including phenoxy) is 2. The van der Waals surface area contributed by atoms with E-state index in [1.165, 1.54) is 25.8 Å². The Morgan fingerprint density at radius 1 is 1.24 bits per heavy atom. The molecule has 3 rings (SSSR count). The Morgan fingerprint density at radius 3 is 2.76 bits per heavy atom. The Balaban J connectivity index is 1.75. The first-order valence-corrected chi connectivity index (χ1v) is 6.94. The minimum absolute atomic E-state index is 0.0784. The van der Waals surface area contributed by atoms with Gasteiger partial charge in [0.25, 0.3) is 0 Å². The third-order valence-corrected chi connectivity index (χ3v) is 4.61. The van der Waals surface area contributed by atoms with Crippen molar-refractivity contribution >= 4 is 0 Å². The molecule has 2 atom stereocenters. The van der Waals surface area contributed by atoms with Crippen LogP contribution < -0.4 is 5.32 Å². The van der Waals surface area contributed by atoms with Crippen molar-refractivity contribution < 1.29 is 9.47 Å². The van der Waals surface area contributed by atoms with E-state index < -0.39 is 0 Å². The second kappa shape index (κ2) is 4.84. The lowest BCUT2D eigenvalue weighted by Crippen LogP contribution is -2.62. The molecule has 0 radical (unpaired) electrons. The predicted octanol–water partition coefficient (Wildman–Crippen LogP) is 0.476. The van der Waals surface area contributed by atoms with Crippen molar-refractivity contribution in [3.63, 3.8) is 0 Å². The molecule has 0 aromatic carbocycles. The summed E-state index contributed by atoms with van der Waals surface area (Å²) in [5.74, 6) is 0.732. The zero-order chi connectivity index (χ0) is 11.7. The van der Waals surface area contributed by atoms with Crippen molar-refractivity contribution in [3.05, 3.63) is 0 Å². The van der Waals surface area contributed by atoms with Gasteiger partial charge >= 0.3 is 0 Å². The molecule has 3 fully saturated rings. The number of hydrogen-bond acceptors (Lipinski definition) is 4. The Labute approximate surface area is 104 Å². The molecule has 3 aliphatic heterocycles. The van der Waals surface area contributed by atoms with Crippen LogP contribution >= 0.6 is 0 Å². The molecule has 0 aromatic heterocycles. The van der Waals surface area contributed by atoms with E-state index in [1.54, 1.807) is 0 Å². The van der Waals surface area contributed by atoms with Gasteiger partial charge in [-0.1, -0.05) is 0 Å². The summed E-state index contributed by atoms with van der Waals surface area (Å²) in [5.41, 5.74) is 0.0784. The van der Waals surface area contributed by atoms with Gasteiger partial charge in [0.05, 0.1) is 12.2 Å². The summed E-state index contributed by atoms with van der Waals surface area (Å²) in [6, 6.07) is 0.532. The fourth-order valence-corrected chi connectivity index (χ4v) is 3.76. The zero-order valence-corrected chi connectivity index (χ0v) is 10.8. The fraction of sp³-hybridized carbons (Fsp3) is 1.00. The van der Waals surface area contributed by atoms with Crippen molar-refractivity contribution in [1.82, 2.24) is 10.2 Å². The van der Waals surface area contributed by atoms with Gasteiger partial charge in [0.15, 0.2) is 0 Å². The summed E-state index contributed by atoms with van der Waals surface area (Å²) in [4.78, 5) is 2.40. The Morgan fingerprint density at radius 2 is 2.06 bits per heavy atom. The van der Waals surface area contributed by atoms with E-state index in [9.17, 15) is 0 Å². The van der Waals surface area contributed by atoms with Gasteiger partial charge in [-0.05, 0) is 32.2 Å². The van der Waals surface area contributed by atoms with Gasteiger partial charge in [-0.2, -0.15) is 0 Å². The number of rotatable bonds is 1. The average Bonchev–Trinajstić information content (AvgIpc) is 2.73. The van der Waals surface area contributed by atoms with E-state index in [1.807, 2.05) is 0 Å². The van der Waals surface area contributed by atoms with E-state index in [4.69, 9.17) is 9.47 Å². The molecule has 3 heterocycles. The molecule has 0 bridgehead atoms. The maximum absolute atomic E-state index is 6.22. The smallest absolute Gasteiger partial charge is 0.0976 e. The second-order valence-electron chi connectivity index (χ2n) is 5.78. The van der Waals surface area contributed by atoms with Crippen LogP contribution in [0.1, 0.15) is 19.3 Å². The largest absolute Gasteiger partial charge is 0.381 e. The van der Waals surface area contributed by atoms with Gasteiger partial charge < -0.3 is 19.7 Å². The van der Waals surface area contributed by atoms with Crippen LogP contribution in [0.2, 0.25) is 0 Å². The van der Waals surface area contributed by atoms with Gasteiger partial charge in [-0.15, -0.1) is 0 Å². The SMILES string of the molecule is CN1CCC2(C1)OCCNC2C1CCOCC1. The minimum atomic E-state index is 0.0784. The van der Waals surface area contributed by atoms with Crippen molar-refractivity contribution in [2.45, 2.75) is 30.9 Å². The molecule has 3 aliphatic rings. The first-order chi connectivity index (χ1) is 8.30. The Kier molecular flexibility index (Phi) is 3.39. The Hall–Kier alpha value is -0.160. The lowest BCUT2D eigenvalue weighted by Gasteiger charge is -2.46. The van der Waals surface area contributed by atoms with Crippen molar-refractivity contribution in [2.75, 3.05) is 46.5 Å². The monoisotopic (exact) mass is 240 g/mol. The topological polar surface area (TPSA) is 33.7 Å². The van der Waals surface area contributed by atoms with Crippen molar-refractivity contribution in [3.8, 4) is 0 Å². The molecule has 0 aromatic rings. The van der Waals surface area contributed by atoms with Crippen LogP contribution in [-0.2, 0) is 9.47 Å². The number of hydrogen-bond donors (Lipinski definition) is 1. The predicted molar refractivity (Wildman–Crippen MR) is 66.1 cm³/mol. The van der Waals surface area contributed by atoms with Crippen LogP contribution in [0.15, 0.2) is 0 Å². The molecule has 4 heteroatoms. The van der Waals surface area contributed by atoms with Crippen molar-refractivity contribution in [1.29, 1.82) is 0 Å². The van der Waals surface area contributed by atoms with Crippen LogP contribution in [-0.4, -0.2) is 63.0 Å². The summed E-state index contributed by atoms with van der Waals surface area (Å²) < 4.78 is 11.7. The zero-order valence-electron chi connectivity index (χ0n) is 10.8. The first kappa shape index (κ1) is 11.9. The van der Waals surface area contributed by atoms with Gasteiger partial charge in [0, 0.05) is 38.9 Å². The van der Waals surface area contributed by atoms with Gasteiger partial charge in [-0.25, -0.2) is 0 Å². The van der Waals surface area contributed by atoms with Gasteiger partial charge in [-0.3, -0.25) is 0 Å². The number of nitrogens with zero attached hydrogens (tertiary/aromatic N) is 1. The molecule has 0 aliphatic carbocycles. The van der Waals surface area contributed by atoms with Crippen LogP contribution in [0.3, 0.4) is 0 Å². The maximum Gasteiger partial charge on any atom is 0.0976 e. The highest BCUT2D eigenvalue weighted by atomic mass is 16.5. The first-order valence-electron chi connectivity index (χ1n) is 6.94. The molecule has 3 saturated heterocycles. The van der Waals surface area contributed by atoms with E-state index in [-0.39, 0.29) is 5.60 Å². The highest BCUT2D eigenvalue weighted by Crippen LogP contribution is 2.36. The molecular formula is C13H24N2O2. The summed E-state index contributed by atoms with van der Waals surface area (Å²) in [6.45, 7) is 5.98. The van der Waals surface area contributed by atoms with Gasteiger partial charge in [0.1, 0.15) is 0 Å². The normalized spacial score (nSPS) is 41.1. The van der Waals surface area contributed by atoms with E-state index in [2.05, 4.69) is 17.3 Å². The average molecular weight is 240 g/mol. The molecule has 2 unspecified atom stereocenters. The molecule has 1 spiro atoms. The van der Waals surface area contributed by atoms with Crippen LogP contribution in [0.5, 0.6) is 0 Å². The fourth-order valence-electron chi connectivity index (χ4n) is 3.76. The summed E-state index contributed by atoms with van der Waals surface area (Å²) in [5, 5.41) is 3.73. The summed E-state index contributed by atoms with van der Waals surface area (Å²) >= 11 is 0. The summed E-state index contributed by atoms with van der Waals surface area (Å²) in [6.07, 6.45) is 3.55. The minimum Gasteiger partial charge on any atom is -0.381 e. The standard InChI is InChI=1S/C13H24N2O2/c1-15-6-4-13(10-15)12(14-5-9-17-13)11-2-7-16-8-3-11/h11-12,14H,2-10H2,1H3. The molecule has 17 heavy (non-hydrogen) atoms. The van der Waals surface area contributed by atoms with Crippen LogP contribution in [0.4, 0.5) is 0 Å². The van der Waals surface area contributed by atoms with E-state index in [0.717, 1.165) is 38.8 Å². The lowest BCUT2D eigenvalue weighted by molar-refractivity contribution is -0.112. The molecule has 98 valence electrons. The van der Waals surface area contributed by atoms with Gasteiger partial charge in [0.2, 0.25) is 0 Å². The number of likely N-dealkylation sites (tertiary alicyclic amines) is 1. The maximum atomic E-state index is 6.22. The third kappa shape index (κ3) is 2.24. The number of morpholine rings is 1. The van der Waals surface area contributed by atoms with E-state index in [0.29, 0.717) is 6.04 Å². The second-order valence-corrected chi connectivity index (χ2v) is 5.78. The highest BCUT2D eigenvalue weighted by Gasteiger charge is 2.49. The number of likely N-dealkylation sites (N-methyl/N-ethyl adjacent to an activating group) is 1. The Bertz CT molecular complexity index is 264. The van der Waals surface area contributed by atoms with Crippen molar-refractivity contribution in [2.24, 2.45) is 5.92 Å². The number of nitrogens with one attached hydrogen (secondary N) is 1. The molecular weight excluding hydrogens is 216 g/mol. The lowest BCUT2D eigenvalue weighted by atomic mass is 9.79. The van der Waals surface area contributed by atoms with E-state index >= 15 is 0 Å². The third-order valence-electron chi connectivity index (χ3n) is 4.61. The van der Waals surface area contributed by atoms with Crippen LogP contribution in [0, 0.1) is 5.92 Å². The molecule has 4 nitrogen and oxygen atoms in total. The molecule has 1 N–H and O–H groups in total. The molecule has 0 amide bonds.